The van der Waals surface area contributed by atoms with Crippen LogP contribution in [0.25, 0.3) is 0 Å². The molecule has 0 heterocycles. The van der Waals surface area contributed by atoms with Gasteiger partial charge in [0.2, 0.25) is 0 Å². The Labute approximate surface area is 111 Å². The van der Waals surface area contributed by atoms with Gasteiger partial charge in [0.25, 0.3) is 0 Å². The van der Waals surface area contributed by atoms with Crippen molar-refractivity contribution in [3.63, 3.8) is 0 Å². The van der Waals surface area contributed by atoms with Gasteiger partial charge in [-0.15, -0.1) is 0 Å². The molecule has 0 unspecified atom stereocenters. The molecule has 0 aliphatic carbocycles. The van der Waals surface area contributed by atoms with Crippen molar-refractivity contribution in [2.45, 2.75) is 62.2 Å². The molecule has 2 nitrogen and oxygen atoms in total. The minimum absolute atomic E-state index is 0.669. The summed E-state index contributed by atoms with van der Waals surface area (Å²) >= 11 is -5.40. The Bertz CT molecular complexity index is 249. The molecule has 0 rings (SSSR count). The van der Waals surface area contributed by atoms with Gasteiger partial charge < -0.3 is 0 Å². The predicted molar refractivity (Wildman–Crippen MR) is 76.4 cm³/mol. The van der Waals surface area contributed by atoms with Gasteiger partial charge >= 0.3 is 111 Å². The molecule has 0 saturated heterocycles. The second-order valence-corrected chi connectivity index (χ2v) is 26.2. The van der Waals surface area contributed by atoms with E-state index in [-0.39, 0.29) is 0 Å². The van der Waals surface area contributed by atoms with E-state index in [1.807, 2.05) is 22.8 Å². The Morgan fingerprint density at radius 2 is 1.12 bits per heavy atom. The summed E-state index contributed by atoms with van der Waals surface area (Å²) in [6.45, 7) is 0. The summed E-state index contributed by atoms with van der Waals surface area (Å²) < 4.78 is 23.2. The van der Waals surface area contributed by atoms with Gasteiger partial charge in [-0.25, -0.2) is 0 Å². The molecule has 0 bridgehead atoms. The molecule has 0 aromatic rings. The molecule has 5 heteroatoms. The first-order valence-electron chi connectivity index (χ1n) is 5.87. The van der Waals surface area contributed by atoms with E-state index in [0.717, 1.165) is 10.4 Å². The van der Waals surface area contributed by atoms with E-state index in [0.29, 0.717) is 0 Å². The minimum atomic E-state index is -2.36. The van der Waals surface area contributed by atoms with E-state index in [1.165, 1.54) is 23.3 Å². The molecule has 0 radical (unpaired) electrons. The molecule has 0 amide bonds. The molecular weight excluding hydrogens is 389 g/mol. The quantitative estimate of drug-likeness (QED) is 0.557. The van der Waals surface area contributed by atoms with Crippen LogP contribution >= 0.6 is 0 Å². The normalized spacial score (nSPS) is 13.4. The van der Waals surface area contributed by atoms with E-state index in [1.54, 1.807) is 0 Å². The maximum absolute atomic E-state index is 11.6. The summed E-state index contributed by atoms with van der Waals surface area (Å²) in [7, 11) is 0. The fourth-order valence-corrected chi connectivity index (χ4v) is 11.2. The Balaban J connectivity index is 3.57. The average Bonchev–Trinajstić information content (AvgIpc) is 1.98. The fraction of sp³-hybridized carbons (Fsp3) is 1.00. The molecule has 16 heavy (non-hydrogen) atoms. The molecule has 0 N–H and O–H groups in total. The van der Waals surface area contributed by atoms with E-state index >= 15 is 0 Å². The van der Waals surface area contributed by atoms with Gasteiger partial charge in [0.15, 0.2) is 0 Å². The third-order valence-electron chi connectivity index (χ3n) is 2.47. The van der Waals surface area contributed by atoms with Gasteiger partial charge in [-0.3, -0.25) is 0 Å². The standard InChI is InChI=1S/C11H27As3O2/c1-12(8-6-10-13(2,3)15)9-7-11-14(4,5)16/h6-11H2,1-5H3. The molecule has 0 aromatic carbocycles. The van der Waals surface area contributed by atoms with Crippen LogP contribution in [0.3, 0.4) is 0 Å². The summed E-state index contributed by atoms with van der Waals surface area (Å²) in [4.78, 5) is 0. The number of hydrogen-bond acceptors (Lipinski definition) is 2. The van der Waals surface area contributed by atoms with Crippen LogP contribution in [-0.2, 0) is 7.48 Å². The van der Waals surface area contributed by atoms with Crippen molar-refractivity contribution in [3.8, 4) is 0 Å². The van der Waals surface area contributed by atoms with E-state index in [9.17, 15) is 7.48 Å². The Hall–Kier alpha value is 1.28. The van der Waals surface area contributed by atoms with Crippen LogP contribution in [0.2, 0.25) is 49.4 Å². The molecule has 0 aliphatic heterocycles. The van der Waals surface area contributed by atoms with Crippen molar-refractivity contribution in [1.82, 2.24) is 0 Å². The monoisotopic (exact) mass is 416 g/mol. The van der Waals surface area contributed by atoms with Gasteiger partial charge in [-0.1, -0.05) is 0 Å². The van der Waals surface area contributed by atoms with Gasteiger partial charge in [0.05, 0.1) is 0 Å². The first-order valence-corrected chi connectivity index (χ1v) is 22.1. The van der Waals surface area contributed by atoms with E-state index < -0.39 is 41.6 Å². The topological polar surface area (TPSA) is 34.1 Å². The SMILES string of the molecule is C[As](CCC[As](C)(C)=O)CCC[As](C)(C)=O. The van der Waals surface area contributed by atoms with Crippen molar-refractivity contribution in [2.24, 2.45) is 0 Å². The first-order chi connectivity index (χ1) is 7.10. The van der Waals surface area contributed by atoms with Crippen molar-refractivity contribution in [3.05, 3.63) is 0 Å². The van der Waals surface area contributed by atoms with E-state index in [4.69, 9.17) is 0 Å². The van der Waals surface area contributed by atoms with Crippen molar-refractivity contribution in [2.75, 3.05) is 0 Å². The van der Waals surface area contributed by atoms with Crippen LogP contribution < -0.4 is 0 Å². The summed E-state index contributed by atoms with van der Waals surface area (Å²) in [6.07, 6.45) is 2.34. The fourth-order valence-electron chi connectivity index (χ4n) is 1.55. The molecule has 0 spiro atoms. The third-order valence-corrected chi connectivity index (χ3v) is 12.8. The Morgan fingerprint density at radius 1 is 0.812 bits per heavy atom. The van der Waals surface area contributed by atoms with Crippen LogP contribution in [-0.4, -0.2) is 41.6 Å². The summed E-state index contributed by atoms with van der Waals surface area (Å²) in [5.41, 5.74) is 10.2. The summed E-state index contributed by atoms with van der Waals surface area (Å²) in [6, 6.07) is 0. The molecule has 0 fully saturated rings. The van der Waals surface area contributed by atoms with Crippen molar-refractivity contribution >= 4 is 41.6 Å². The zero-order chi connectivity index (χ0) is 12.8. The zero-order valence-electron chi connectivity index (χ0n) is 11.4. The van der Waals surface area contributed by atoms with Crippen LogP contribution in [0.1, 0.15) is 12.8 Å². The number of rotatable bonds is 8. The Kier molecular flexibility index (Phi) is 8.26. The average molecular weight is 416 g/mol. The predicted octanol–water partition coefficient (Wildman–Crippen LogP) is 4.16. The zero-order valence-corrected chi connectivity index (χ0v) is 17.0. The molecule has 98 valence electrons. The second-order valence-electron chi connectivity index (χ2n) is 5.61. The van der Waals surface area contributed by atoms with Gasteiger partial charge in [-0.2, -0.15) is 0 Å². The Morgan fingerprint density at radius 3 is 1.38 bits per heavy atom. The summed E-state index contributed by atoms with van der Waals surface area (Å²) in [5.74, 6) is 0. The van der Waals surface area contributed by atoms with Crippen molar-refractivity contribution < 1.29 is 7.48 Å². The molecule has 0 aliphatic rings. The first kappa shape index (κ1) is 17.3. The van der Waals surface area contributed by atoms with Gasteiger partial charge in [0, 0.05) is 0 Å². The third kappa shape index (κ3) is 13.3. The molecule has 0 aromatic heterocycles. The van der Waals surface area contributed by atoms with Crippen LogP contribution in [0, 0.1) is 0 Å². The molecule has 0 atom stereocenters. The number of hydrogen-bond donors (Lipinski definition) is 0. The van der Waals surface area contributed by atoms with Crippen LogP contribution in [0.4, 0.5) is 0 Å². The van der Waals surface area contributed by atoms with Gasteiger partial charge in [0.1, 0.15) is 0 Å². The maximum atomic E-state index is 11.6. The molecular formula is C11H27As3O2. The van der Waals surface area contributed by atoms with Crippen molar-refractivity contribution in [1.29, 1.82) is 0 Å². The van der Waals surface area contributed by atoms with Crippen LogP contribution in [0.15, 0.2) is 0 Å². The molecule has 0 saturated carbocycles. The second kappa shape index (κ2) is 7.65. The van der Waals surface area contributed by atoms with E-state index in [2.05, 4.69) is 5.71 Å². The van der Waals surface area contributed by atoms with Gasteiger partial charge in [-0.05, 0) is 0 Å². The summed E-state index contributed by atoms with van der Waals surface area (Å²) in [5, 5.41) is 4.59. The van der Waals surface area contributed by atoms with Crippen LogP contribution in [0.5, 0.6) is 0 Å².